The lowest BCUT2D eigenvalue weighted by atomic mass is 10.1. The fraction of sp³-hybridized carbons (Fsp3) is 0.846. The number of amides is 1. The van der Waals surface area contributed by atoms with E-state index in [0.29, 0.717) is 6.54 Å². The Labute approximate surface area is 108 Å². The molecule has 5 nitrogen and oxygen atoms in total. The van der Waals surface area contributed by atoms with Crippen LogP contribution in [0.15, 0.2) is 0 Å². The van der Waals surface area contributed by atoms with Gasteiger partial charge in [0.15, 0.2) is 0 Å². The van der Waals surface area contributed by atoms with Crippen molar-refractivity contribution in [1.29, 1.82) is 0 Å². The molecule has 0 aromatic carbocycles. The van der Waals surface area contributed by atoms with Crippen molar-refractivity contribution in [2.24, 2.45) is 0 Å². The van der Waals surface area contributed by atoms with Crippen molar-refractivity contribution in [1.82, 2.24) is 4.90 Å². The second-order valence-corrected chi connectivity index (χ2v) is 5.70. The molecule has 5 heteroatoms. The van der Waals surface area contributed by atoms with E-state index in [1.54, 1.807) is 4.90 Å². The zero-order valence-corrected chi connectivity index (χ0v) is 11.9. The quantitative estimate of drug-likeness (QED) is 0.712. The summed E-state index contributed by atoms with van der Waals surface area (Å²) in [5.41, 5.74) is -0.505. The zero-order chi connectivity index (χ0) is 13.9. The highest BCUT2D eigenvalue weighted by atomic mass is 16.6. The first-order chi connectivity index (χ1) is 8.20. The van der Waals surface area contributed by atoms with Gasteiger partial charge < -0.3 is 14.4 Å². The highest BCUT2D eigenvalue weighted by Gasteiger charge is 2.36. The molecule has 1 saturated heterocycles. The molecule has 1 aliphatic heterocycles. The van der Waals surface area contributed by atoms with Gasteiger partial charge in [-0.2, -0.15) is 0 Å². The third-order valence-electron chi connectivity index (χ3n) is 2.82. The predicted octanol–water partition coefficient (Wildman–Crippen LogP) is 2.34. The minimum absolute atomic E-state index is 0.0799. The number of carbonyl (C=O) groups excluding carboxylic acids is 2. The fourth-order valence-corrected chi connectivity index (χ4v) is 2.17. The van der Waals surface area contributed by atoms with Crippen LogP contribution in [0.4, 0.5) is 4.79 Å². The lowest BCUT2D eigenvalue weighted by Crippen LogP contribution is -2.45. The van der Waals surface area contributed by atoms with E-state index in [0.717, 1.165) is 12.8 Å². The van der Waals surface area contributed by atoms with Gasteiger partial charge in [-0.3, -0.25) is 4.79 Å². The van der Waals surface area contributed by atoms with Crippen LogP contribution in [-0.4, -0.2) is 41.3 Å². The van der Waals surface area contributed by atoms with E-state index in [9.17, 15) is 9.59 Å². The average Bonchev–Trinajstić information content (AvgIpc) is 2.61. The lowest BCUT2D eigenvalue weighted by molar-refractivity contribution is -0.148. The van der Waals surface area contributed by atoms with Gasteiger partial charge in [0.25, 0.3) is 0 Å². The van der Waals surface area contributed by atoms with Crippen LogP contribution in [0.2, 0.25) is 0 Å². The zero-order valence-electron chi connectivity index (χ0n) is 11.9. The summed E-state index contributed by atoms with van der Waals surface area (Å²) in [5.74, 6) is -0.321. The molecule has 0 aliphatic carbocycles. The van der Waals surface area contributed by atoms with Gasteiger partial charge in [-0.15, -0.1) is 0 Å². The predicted molar refractivity (Wildman–Crippen MR) is 67.2 cm³/mol. The van der Waals surface area contributed by atoms with Crippen LogP contribution in [0, 0.1) is 0 Å². The first-order valence-electron chi connectivity index (χ1n) is 6.37. The molecule has 104 valence electrons. The molecule has 0 spiro atoms. The van der Waals surface area contributed by atoms with Crippen molar-refractivity contribution in [3.8, 4) is 0 Å². The number of hydrogen-bond acceptors (Lipinski definition) is 4. The lowest BCUT2D eigenvalue weighted by Gasteiger charge is -2.31. The summed E-state index contributed by atoms with van der Waals surface area (Å²) in [5, 5.41) is 0. The largest absolute Gasteiger partial charge is 0.461 e. The maximum atomic E-state index is 12.0. The van der Waals surface area contributed by atoms with Gasteiger partial charge in [-0.25, -0.2) is 4.79 Å². The van der Waals surface area contributed by atoms with E-state index in [2.05, 4.69) is 0 Å². The van der Waals surface area contributed by atoms with Crippen molar-refractivity contribution in [3.63, 3.8) is 0 Å². The van der Waals surface area contributed by atoms with Crippen molar-refractivity contribution in [3.05, 3.63) is 0 Å². The highest BCUT2D eigenvalue weighted by molar-refractivity contribution is 5.69. The Bertz CT molecular complexity index is 321. The first-order valence-corrected chi connectivity index (χ1v) is 6.37. The van der Waals surface area contributed by atoms with Crippen LogP contribution >= 0.6 is 0 Å². The Morgan fingerprint density at radius 1 is 1.33 bits per heavy atom. The van der Waals surface area contributed by atoms with Gasteiger partial charge in [0.2, 0.25) is 0 Å². The third kappa shape index (κ3) is 4.20. The molecule has 0 aromatic heterocycles. The molecule has 18 heavy (non-hydrogen) atoms. The van der Waals surface area contributed by atoms with Crippen molar-refractivity contribution in [2.75, 3.05) is 6.54 Å². The summed E-state index contributed by atoms with van der Waals surface area (Å²) in [6.45, 7) is 9.37. The summed E-state index contributed by atoms with van der Waals surface area (Å²) in [6.07, 6.45) is 1.13. The molecule has 2 atom stereocenters. The summed E-state index contributed by atoms with van der Waals surface area (Å²) in [7, 11) is 0. The number of carbonyl (C=O) groups is 2. The van der Waals surface area contributed by atoms with E-state index >= 15 is 0 Å². The molecule has 1 rings (SSSR count). The van der Waals surface area contributed by atoms with Gasteiger partial charge in [-0.1, -0.05) is 0 Å². The van der Waals surface area contributed by atoms with E-state index in [1.165, 1.54) is 6.92 Å². The number of hydrogen-bond donors (Lipinski definition) is 0. The molecule has 0 bridgehead atoms. The maximum Gasteiger partial charge on any atom is 0.410 e. The molecule has 1 amide bonds. The Morgan fingerprint density at radius 2 is 1.94 bits per heavy atom. The summed E-state index contributed by atoms with van der Waals surface area (Å²) in [6, 6.07) is -0.0799. The summed E-state index contributed by atoms with van der Waals surface area (Å²) < 4.78 is 10.5. The van der Waals surface area contributed by atoms with Crippen molar-refractivity contribution >= 4 is 12.1 Å². The number of esters is 1. The molecule has 2 unspecified atom stereocenters. The molecular weight excluding hydrogens is 234 g/mol. The fourth-order valence-electron chi connectivity index (χ4n) is 2.17. The van der Waals surface area contributed by atoms with E-state index in [1.807, 2.05) is 27.7 Å². The maximum absolute atomic E-state index is 12.0. The third-order valence-corrected chi connectivity index (χ3v) is 2.82. The van der Waals surface area contributed by atoms with Crippen molar-refractivity contribution in [2.45, 2.75) is 65.2 Å². The average molecular weight is 257 g/mol. The minimum Gasteiger partial charge on any atom is -0.461 e. The van der Waals surface area contributed by atoms with Gasteiger partial charge in [0.05, 0.1) is 6.04 Å². The summed E-state index contributed by atoms with van der Waals surface area (Å²) in [4.78, 5) is 24.6. The van der Waals surface area contributed by atoms with Crippen LogP contribution in [-0.2, 0) is 14.3 Å². The molecular formula is C13H23NO4. The summed E-state index contributed by atoms with van der Waals surface area (Å²) >= 11 is 0. The highest BCUT2D eigenvalue weighted by Crippen LogP contribution is 2.24. The number of rotatable bonds is 2. The van der Waals surface area contributed by atoms with E-state index < -0.39 is 5.60 Å². The Hall–Kier alpha value is -1.26. The standard InChI is InChI=1S/C13H23NO4/c1-9(17-10(2)15)11-7-6-8-14(11)12(16)18-13(3,4)5/h9,11H,6-8H2,1-5H3. The Morgan fingerprint density at radius 3 is 2.44 bits per heavy atom. The topological polar surface area (TPSA) is 55.8 Å². The van der Waals surface area contributed by atoms with Crippen LogP contribution in [0.3, 0.4) is 0 Å². The van der Waals surface area contributed by atoms with Gasteiger partial charge >= 0.3 is 12.1 Å². The Kier molecular flexibility index (Phi) is 4.59. The van der Waals surface area contributed by atoms with E-state index in [-0.39, 0.29) is 24.2 Å². The van der Waals surface area contributed by atoms with Crippen LogP contribution in [0.25, 0.3) is 0 Å². The molecule has 1 fully saturated rings. The van der Waals surface area contributed by atoms with Gasteiger partial charge in [-0.05, 0) is 40.5 Å². The number of likely N-dealkylation sites (tertiary alicyclic amines) is 1. The molecule has 1 aliphatic rings. The smallest absolute Gasteiger partial charge is 0.410 e. The second-order valence-electron chi connectivity index (χ2n) is 5.70. The molecule has 1 heterocycles. The minimum atomic E-state index is -0.505. The molecule has 0 radical (unpaired) electrons. The van der Waals surface area contributed by atoms with E-state index in [4.69, 9.17) is 9.47 Å². The number of nitrogens with zero attached hydrogens (tertiary/aromatic N) is 1. The van der Waals surface area contributed by atoms with Crippen LogP contribution in [0.1, 0.15) is 47.5 Å². The van der Waals surface area contributed by atoms with Crippen LogP contribution in [0.5, 0.6) is 0 Å². The van der Waals surface area contributed by atoms with Crippen LogP contribution < -0.4 is 0 Å². The normalized spacial score (nSPS) is 21.6. The molecule has 0 N–H and O–H groups in total. The monoisotopic (exact) mass is 257 g/mol. The number of ether oxygens (including phenoxy) is 2. The van der Waals surface area contributed by atoms with Gasteiger partial charge in [0, 0.05) is 13.5 Å². The van der Waals surface area contributed by atoms with Gasteiger partial charge in [0.1, 0.15) is 11.7 Å². The second kappa shape index (κ2) is 5.59. The molecule has 0 aromatic rings. The molecule has 0 saturated carbocycles. The Balaban J connectivity index is 2.64. The SMILES string of the molecule is CC(=O)OC(C)C1CCCN1C(=O)OC(C)(C)C. The first kappa shape index (κ1) is 14.8. The van der Waals surface area contributed by atoms with Crippen molar-refractivity contribution < 1.29 is 19.1 Å².